The third-order valence-corrected chi connectivity index (χ3v) is 2.24. The predicted molar refractivity (Wildman–Crippen MR) is 55.7 cm³/mol. The van der Waals surface area contributed by atoms with Crippen molar-refractivity contribution in [1.82, 2.24) is 9.78 Å². The van der Waals surface area contributed by atoms with Gasteiger partial charge in [0.1, 0.15) is 5.82 Å². The summed E-state index contributed by atoms with van der Waals surface area (Å²) in [7, 11) is 1.95. The highest BCUT2D eigenvalue weighted by Gasteiger charge is 2.23. The maximum atomic E-state index is 5.82. The first kappa shape index (κ1) is 10.1. The van der Waals surface area contributed by atoms with E-state index in [1.807, 2.05) is 11.7 Å². The minimum absolute atomic E-state index is 0.116. The monoisotopic (exact) mass is 181 g/mol. The SMILES string of the molecule is CCc1c(N)nn(C)c1C(C)(C)C. The molecule has 0 aromatic carbocycles. The molecule has 0 fully saturated rings. The van der Waals surface area contributed by atoms with E-state index in [0.29, 0.717) is 5.82 Å². The minimum Gasteiger partial charge on any atom is -0.382 e. The van der Waals surface area contributed by atoms with Crippen LogP contribution in [-0.4, -0.2) is 9.78 Å². The Kier molecular flexibility index (Phi) is 2.37. The molecule has 0 saturated heterocycles. The molecule has 2 N–H and O–H groups in total. The Morgan fingerprint density at radius 1 is 1.38 bits per heavy atom. The van der Waals surface area contributed by atoms with Crippen LogP contribution in [0.1, 0.15) is 39.0 Å². The first-order chi connectivity index (χ1) is 5.88. The molecule has 13 heavy (non-hydrogen) atoms. The van der Waals surface area contributed by atoms with E-state index in [9.17, 15) is 0 Å². The van der Waals surface area contributed by atoms with E-state index in [1.54, 1.807) is 0 Å². The van der Waals surface area contributed by atoms with Crippen molar-refractivity contribution in [1.29, 1.82) is 0 Å². The van der Waals surface area contributed by atoms with Gasteiger partial charge in [0, 0.05) is 23.7 Å². The average Bonchev–Trinajstić information content (AvgIpc) is 2.23. The molecule has 0 spiro atoms. The number of aryl methyl sites for hydroxylation is 1. The summed E-state index contributed by atoms with van der Waals surface area (Å²) in [5.41, 5.74) is 8.37. The largest absolute Gasteiger partial charge is 0.382 e. The van der Waals surface area contributed by atoms with Gasteiger partial charge in [0.2, 0.25) is 0 Å². The molecular weight excluding hydrogens is 162 g/mol. The van der Waals surface area contributed by atoms with Crippen molar-refractivity contribution >= 4 is 5.82 Å². The summed E-state index contributed by atoms with van der Waals surface area (Å²) in [6.45, 7) is 8.66. The average molecular weight is 181 g/mol. The van der Waals surface area contributed by atoms with E-state index in [4.69, 9.17) is 5.73 Å². The lowest BCUT2D eigenvalue weighted by Gasteiger charge is -2.20. The second kappa shape index (κ2) is 3.05. The van der Waals surface area contributed by atoms with E-state index in [-0.39, 0.29) is 5.41 Å². The van der Waals surface area contributed by atoms with Crippen LogP contribution in [-0.2, 0) is 18.9 Å². The fraction of sp³-hybridized carbons (Fsp3) is 0.700. The molecule has 3 nitrogen and oxygen atoms in total. The molecule has 0 amide bonds. The zero-order chi connectivity index (χ0) is 10.2. The van der Waals surface area contributed by atoms with Crippen LogP contribution in [0, 0.1) is 0 Å². The number of hydrogen-bond donors (Lipinski definition) is 1. The van der Waals surface area contributed by atoms with Crippen molar-refractivity contribution in [3.8, 4) is 0 Å². The lowest BCUT2D eigenvalue weighted by Crippen LogP contribution is -2.18. The molecule has 0 radical (unpaired) electrons. The predicted octanol–water partition coefficient (Wildman–Crippen LogP) is 1.86. The van der Waals surface area contributed by atoms with Crippen molar-refractivity contribution in [2.75, 3.05) is 5.73 Å². The van der Waals surface area contributed by atoms with Gasteiger partial charge in [0.05, 0.1) is 0 Å². The van der Waals surface area contributed by atoms with Gasteiger partial charge in [-0.15, -0.1) is 0 Å². The zero-order valence-corrected chi connectivity index (χ0v) is 9.18. The molecule has 0 unspecified atom stereocenters. The summed E-state index contributed by atoms with van der Waals surface area (Å²) >= 11 is 0. The Labute approximate surface area is 79.9 Å². The van der Waals surface area contributed by atoms with E-state index >= 15 is 0 Å². The van der Waals surface area contributed by atoms with Gasteiger partial charge in [0.15, 0.2) is 0 Å². The van der Waals surface area contributed by atoms with Crippen LogP contribution in [0.5, 0.6) is 0 Å². The fourth-order valence-electron chi connectivity index (χ4n) is 1.88. The maximum absolute atomic E-state index is 5.82. The van der Waals surface area contributed by atoms with Gasteiger partial charge in [-0.05, 0) is 6.42 Å². The second-order valence-electron chi connectivity index (χ2n) is 4.44. The number of anilines is 1. The lowest BCUT2D eigenvalue weighted by molar-refractivity contribution is 0.518. The van der Waals surface area contributed by atoms with Crippen molar-refractivity contribution in [3.63, 3.8) is 0 Å². The number of aromatic nitrogens is 2. The van der Waals surface area contributed by atoms with Gasteiger partial charge in [-0.25, -0.2) is 0 Å². The standard InChI is InChI=1S/C10H19N3/c1-6-7-8(10(2,3)4)13(5)12-9(7)11/h6H2,1-5H3,(H2,11,12). The molecule has 1 aromatic heterocycles. The van der Waals surface area contributed by atoms with Crippen LogP contribution in [0.3, 0.4) is 0 Å². The molecule has 0 aliphatic rings. The van der Waals surface area contributed by atoms with E-state index in [1.165, 1.54) is 11.3 Å². The third-order valence-electron chi connectivity index (χ3n) is 2.24. The molecule has 0 aliphatic heterocycles. The molecule has 0 aliphatic carbocycles. The quantitative estimate of drug-likeness (QED) is 0.718. The normalized spacial score (nSPS) is 12.1. The van der Waals surface area contributed by atoms with Crippen LogP contribution in [0.4, 0.5) is 5.82 Å². The lowest BCUT2D eigenvalue weighted by atomic mass is 9.88. The fourth-order valence-corrected chi connectivity index (χ4v) is 1.88. The zero-order valence-electron chi connectivity index (χ0n) is 9.18. The molecular formula is C10H19N3. The number of rotatable bonds is 1. The number of hydrogen-bond acceptors (Lipinski definition) is 2. The molecule has 0 saturated carbocycles. The second-order valence-corrected chi connectivity index (χ2v) is 4.44. The number of nitrogen functional groups attached to an aromatic ring is 1. The molecule has 0 atom stereocenters. The van der Waals surface area contributed by atoms with Gasteiger partial charge in [-0.2, -0.15) is 5.10 Å². The Morgan fingerprint density at radius 3 is 2.23 bits per heavy atom. The Morgan fingerprint density at radius 2 is 1.92 bits per heavy atom. The minimum atomic E-state index is 0.116. The summed E-state index contributed by atoms with van der Waals surface area (Å²) in [5.74, 6) is 0.676. The van der Waals surface area contributed by atoms with Gasteiger partial charge in [0.25, 0.3) is 0 Å². The van der Waals surface area contributed by atoms with Crippen LogP contribution in [0.15, 0.2) is 0 Å². The number of nitrogens with two attached hydrogens (primary N) is 1. The van der Waals surface area contributed by atoms with E-state index in [0.717, 1.165) is 6.42 Å². The van der Waals surface area contributed by atoms with Crippen molar-refractivity contribution < 1.29 is 0 Å². The van der Waals surface area contributed by atoms with Crippen LogP contribution >= 0.6 is 0 Å². The van der Waals surface area contributed by atoms with Crippen LogP contribution < -0.4 is 5.73 Å². The maximum Gasteiger partial charge on any atom is 0.148 e. The number of nitrogens with zero attached hydrogens (tertiary/aromatic N) is 2. The molecule has 3 heteroatoms. The van der Waals surface area contributed by atoms with Gasteiger partial charge >= 0.3 is 0 Å². The van der Waals surface area contributed by atoms with Gasteiger partial charge < -0.3 is 5.73 Å². The summed E-state index contributed by atoms with van der Waals surface area (Å²) in [6.07, 6.45) is 0.951. The summed E-state index contributed by atoms with van der Waals surface area (Å²) in [4.78, 5) is 0. The smallest absolute Gasteiger partial charge is 0.148 e. The van der Waals surface area contributed by atoms with Crippen molar-refractivity contribution in [3.05, 3.63) is 11.3 Å². The Hall–Kier alpha value is -0.990. The summed E-state index contributed by atoms with van der Waals surface area (Å²) in [5, 5.41) is 4.24. The van der Waals surface area contributed by atoms with Crippen LogP contribution in [0.25, 0.3) is 0 Å². The van der Waals surface area contributed by atoms with E-state index in [2.05, 4.69) is 32.8 Å². The highest BCUT2D eigenvalue weighted by molar-refractivity contribution is 5.45. The summed E-state index contributed by atoms with van der Waals surface area (Å²) in [6, 6.07) is 0. The van der Waals surface area contributed by atoms with Gasteiger partial charge in [-0.3, -0.25) is 4.68 Å². The molecule has 1 rings (SSSR count). The first-order valence-corrected chi connectivity index (χ1v) is 4.69. The van der Waals surface area contributed by atoms with E-state index < -0.39 is 0 Å². The molecule has 74 valence electrons. The highest BCUT2D eigenvalue weighted by Crippen LogP contribution is 2.28. The molecule has 1 heterocycles. The Bertz CT molecular complexity index is 305. The summed E-state index contributed by atoms with van der Waals surface area (Å²) < 4.78 is 1.90. The molecule has 1 aromatic rings. The Balaban J connectivity index is 3.34. The first-order valence-electron chi connectivity index (χ1n) is 4.69. The van der Waals surface area contributed by atoms with Crippen molar-refractivity contribution in [2.45, 2.75) is 39.5 Å². The van der Waals surface area contributed by atoms with Crippen LogP contribution in [0.2, 0.25) is 0 Å². The topological polar surface area (TPSA) is 43.8 Å². The molecule has 0 bridgehead atoms. The third kappa shape index (κ3) is 1.69. The van der Waals surface area contributed by atoms with Gasteiger partial charge in [-0.1, -0.05) is 27.7 Å². The highest BCUT2D eigenvalue weighted by atomic mass is 15.3. The van der Waals surface area contributed by atoms with Crippen molar-refractivity contribution in [2.24, 2.45) is 7.05 Å².